The zero-order valence-corrected chi connectivity index (χ0v) is 15.9. The van der Waals surface area contributed by atoms with Gasteiger partial charge in [0.2, 0.25) is 5.91 Å². The molecule has 0 bridgehead atoms. The number of aliphatic imine (C=N–C) groups is 1. The van der Waals surface area contributed by atoms with E-state index in [1.807, 2.05) is 36.1 Å². The first-order valence-electron chi connectivity index (χ1n) is 8.30. The minimum atomic E-state index is -3.11. The number of amidine groups is 1. The molecule has 0 radical (unpaired) electrons. The van der Waals surface area contributed by atoms with E-state index < -0.39 is 21.7 Å². The van der Waals surface area contributed by atoms with Crippen LogP contribution in [0.1, 0.15) is 24.8 Å². The zero-order chi connectivity index (χ0) is 18.9. The number of carboxylic acids is 1. The third kappa shape index (κ3) is 4.09. The molecule has 3 rings (SSSR count). The summed E-state index contributed by atoms with van der Waals surface area (Å²) >= 11 is 1.31. The van der Waals surface area contributed by atoms with Crippen molar-refractivity contribution in [2.75, 3.05) is 16.4 Å². The lowest BCUT2D eigenvalue weighted by molar-refractivity contribution is -0.305. The van der Waals surface area contributed by atoms with Crippen LogP contribution in [-0.2, 0) is 19.4 Å². The van der Waals surface area contributed by atoms with Crippen molar-refractivity contribution in [3.63, 3.8) is 0 Å². The first kappa shape index (κ1) is 18.9. The molecule has 9 heteroatoms. The van der Waals surface area contributed by atoms with Crippen molar-refractivity contribution in [2.24, 2.45) is 4.99 Å². The molecule has 1 amide bonds. The minimum Gasteiger partial charge on any atom is -0.550 e. The maximum atomic E-state index is 12.1. The third-order valence-corrected chi connectivity index (χ3v) is 7.64. The molecule has 0 aliphatic carbocycles. The fourth-order valence-corrected chi connectivity index (χ4v) is 7.15. The number of hydrogen-bond acceptors (Lipinski definition) is 6. The average molecular weight is 395 g/mol. The summed E-state index contributed by atoms with van der Waals surface area (Å²) in [5.74, 6) is -1.49. The van der Waals surface area contributed by atoms with Crippen LogP contribution in [-0.4, -0.2) is 48.3 Å². The Labute approximate surface area is 156 Å². The third-order valence-electron chi connectivity index (χ3n) is 4.43. The smallest absolute Gasteiger partial charge is 0.248 e. The van der Waals surface area contributed by atoms with Gasteiger partial charge in [-0.15, -0.1) is 0 Å². The van der Waals surface area contributed by atoms with Crippen molar-refractivity contribution in [3.05, 3.63) is 29.8 Å². The highest BCUT2D eigenvalue weighted by atomic mass is 32.2. The molecule has 2 aliphatic rings. The maximum absolute atomic E-state index is 12.1. The van der Waals surface area contributed by atoms with Crippen molar-refractivity contribution in [1.82, 2.24) is 0 Å². The van der Waals surface area contributed by atoms with Gasteiger partial charge in [-0.2, -0.15) is 4.99 Å². The molecule has 0 unspecified atom stereocenters. The number of anilines is 1. The Morgan fingerprint density at radius 2 is 2.00 bits per heavy atom. The molecule has 2 heterocycles. The Morgan fingerprint density at radius 3 is 2.69 bits per heavy atom. The number of aryl methyl sites for hydroxylation is 1. The van der Waals surface area contributed by atoms with Crippen molar-refractivity contribution in [1.29, 1.82) is 0 Å². The summed E-state index contributed by atoms with van der Waals surface area (Å²) < 4.78 is 24.1. The summed E-state index contributed by atoms with van der Waals surface area (Å²) in [6.07, 6.45) is 0.0102. The molecule has 140 valence electrons. The Bertz CT molecular complexity index is 866. The molecule has 2 fully saturated rings. The first-order valence-corrected chi connectivity index (χ1v) is 11.0. The van der Waals surface area contributed by atoms with Gasteiger partial charge in [-0.05, 0) is 31.4 Å². The minimum absolute atomic E-state index is 0.0211. The molecule has 0 saturated carbocycles. The van der Waals surface area contributed by atoms with Gasteiger partial charge < -0.3 is 14.8 Å². The summed E-state index contributed by atoms with van der Waals surface area (Å²) in [6.45, 7) is 1.93. The van der Waals surface area contributed by atoms with Gasteiger partial charge in [0.1, 0.15) is 0 Å². The molecular formula is C17H19N2O5S2-. The van der Waals surface area contributed by atoms with Gasteiger partial charge in [0.05, 0.1) is 17.5 Å². The molecule has 0 spiro atoms. The number of sulfone groups is 1. The van der Waals surface area contributed by atoms with Crippen LogP contribution in [0.15, 0.2) is 29.3 Å². The van der Waals surface area contributed by atoms with Gasteiger partial charge in [0.25, 0.3) is 0 Å². The second-order valence-corrected chi connectivity index (χ2v) is 9.83. The van der Waals surface area contributed by atoms with Gasteiger partial charge in [0, 0.05) is 23.3 Å². The van der Waals surface area contributed by atoms with E-state index in [4.69, 9.17) is 0 Å². The van der Waals surface area contributed by atoms with Crippen molar-refractivity contribution in [3.8, 4) is 0 Å². The van der Waals surface area contributed by atoms with Gasteiger partial charge >= 0.3 is 0 Å². The van der Waals surface area contributed by atoms with Crippen molar-refractivity contribution in [2.45, 2.75) is 37.5 Å². The second-order valence-electron chi connectivity index (χ2n) is 6.47. The summed E-state index contributed by atoms with van der Waals surface area (Å²) in [6, 6.07) is 7.33. The quantitative estimate of drug-likeness (QED) is 0.715. The van der Waals surface area contributed by atoms with E-state index in [0.717, 1.165) is 11.3 Å². The number of carboxylic acid groups (broad SMARTS) is 1. The number of carbonyl (C=O) groups excluding carboxylic acids is 2. The Hall–Kier alpha value is -1.87. The second kappa shape index (κ2) is 7.40. The lowest BCUT2D eigenvalue weighted by Crippen LogP contribution is -2.38. The number of fused-ring (bicyclic) bond motifs is 1. The Morgan fingerprint density at radius 1 is 1.27 bits per heavy atom. The average Bonchev–Trinajstić information content (AvgIpc) is 2.98. The van der Waals surface area contributed by atoms with Crippen molar-refractivity contribution < 1.29 is 23.1 Å². The number of benzene rings is 1. The van der Waals surface area contributed by atoms with Gasteiger partial charge in [-0.3, -0.25) is 4.79 Å². The molecule has 2 atom stereocenters. The van der Waals surface area contributed by atoms with Crippen LogP contribution in [0.25, 0.3) is 0 Å². The Kier molecular flexibility index (Phi) is 5.38. The zero-order valence-electron chi connectivity index (χ0n) is 14.3. The van der Waals surface area contributed by atoms with Crippen LogP contribution in [0.5, 0.6) is 0 Å². The SMILES string of the molecule is Cc1ccccc1N1C(=NC(=O)CCCC(=O)[O-])S[C@H]2CS(=O)(=O)C[C@H]21. The lowest BCUT2D eigenvalue weighted by atomic mass is 10.1. The number of rotatable bonds is 5. The lowest BCUT2D eigenvalue weighted by Gasteiger charge is -2.26. The van der Waals surface area contributed by atoms with Gasteiger partial charge in [-0.25, -0.2) is 8.42 Å². The summed E-state index contributed by atoms with van der Waals surface area (Å²) in [5.41, 5.74) is 1.81. The summed E-state index contributed by atoms with van der Waals surface area (Å²) in [5, 5.41) is 10.8. The number of carbonyl (C=O) groups is 2. The number of thioether (sulfide) groups is 1. The van der Waals surface area contributed by atoms with Crippen molar-refractivity contribution >= 4 is 44.3 Å². The van der Waals surface area contributed by atoms with E-state index in [1.165, 1.54) is 11.8 Å². The summed E-state index contributed by atoms with van der Waals surface area (Å²) in [4.78, 5) is 28.6. The van der Waals surface area contributed by atoms with E-state index in [1.54, 1.807) is 0 Å². The van der Waals surface area contributed by atoms with Gasteiger partial charge in [0.15, 0.2) is 15.0 Å². The topological polar surface area (TPSA) is 107 Å². The fourth-order valence-electron chi connectivity index (χ4n) is 3.23. The van der Waals surface area contributed by atoms with Crippen LogP contribution < -0.4 is 10.0 Å². The highest BCUT2D eigenvalue weighted by Gasteiger charge is 2.49. The molecule has 1 aromatic carbocycles. The number of hydrogen-bond donors (Lipinski definition) is 0. The standard InChI is InChI=1S/C17H20N2O5S2/c1-11-5-2-3-6-12(11)19-13-9-26(23,24)10-14(13)25-17(19)18-15(20)7-4-8-16(21)22/h2-3,5-6,13-14H,4,7-10H2,1H3,(H,21,22)/p-1/t13-,14+/m1/s1. The highest BCUT2D eigenvalue weighted by molar-refractivity contribution is 8.16. The molecular weight excluding hydrogens is 376 g/mol. The predicted molar refractivity (Wildman–Crippen MR) is 98.8 cm³/mol. The number of nitrogens with zero attached hydrogens (tertiary/aromatic N) is 2. The monoisotopic (exact) mass is 395 g/mol. The van der Waals surface area contributed by atoms with Crippen LogP contribution in [0.4, 0.5) is 5.69 Å². The van der Waals surface area contributed by atoms with E-state index >= 15 is 0 Å². The van der Waals surface area contributed by atoms with Crippen LogP contribution in [0.3, 0.4) is 0 Å². The van der Waals surface area contributed by atoms with Crippen LogP contribution >= 0.6 is 11.8 Å². The maximum Gasteiger partial charge on any atom is 0.248 e. The molecule has 26 heavy (non-hydrogen) atoms. The van der Waals surface area contributed by atoms with Gasteiger partial charge in [-0.1, -0.05) is 30.0 Å². The van der Waals surface area contributed by atoms with E-state index in [2.05, 4.69) is 4.99 Å². The van der Waals surface area contributed by atoms with E-state index in [9.17, 15) is 23.1 Å². The molecule has 0 aromatic heterocycles. The fraction of sp³-hybridized carbons (Fsp3) is 0.471. The Balaban J connectivity index is 1.87. The molecule has 2 saturated heterocycles. The predicted octanol–water partition coefficient (Wildman–Crippen LogP) is 0.517. The molecule has 7 nitrogen and oxygen atoms in total. The molecule has 0 N–H and O–H groups in total. The number of aliphatic carboxylic acids is 1. The molecule has 1 aromatic rings. The number of para-hydroxylation sites is 1. The number of amides is 1. The molecule has 2 aliphatic heterocycles. The normalized spacial score (nSPS) is 25.4. The summed E-state index contributed by atoms with van der Waals surface area (Å²) in [7, 11) is -3.11. The van der Waals surface area contributed by atoms with Crippen LogP contribution in [0.2, 0.25) is 0 Å². The van der Waals surface area contributed by atoms with E-state index in [-0.39, 0.29) is 42.1 Å². The highest BCUT2D eigenvalue weighted by Crippen LogP contribution is 2.41. The first-order chi connectivity index (χ1) is 12.3. The largest absolute Gasteiger partial charge is 0.550 e. The van der Waals surface area contributed by atoms with Crippen LogP contribution in [0, 0.1) is 6.92 Å². The van der Waals surface area contributed by atoms with E-state index in [0.29, 0.717) is 5.17 Å².